The van der Waals surface area contributed by atoms with Gasteiger partial charge in [-0.1, -0.05) is 359 Å². The maximum Gasteiger partial charge on any atom is 0.305 e. The van der Waals surface area contributed by atoms with Crippen molar-refractivity contribution in [3.8, 4) is 0 Å². The molecule has 0 heterocycles. The molecule has 0 bridgehead atoms. The van der Waals surface area contributed by atoms with Gasteiger partial charge >= 0.3 is 5.97 Å². The Morgan fingerprint density at radius 2 is 0.595 bits per heavy atom. The number of carbonyl (C=O) groups excluding carboxylic acids is 2. The van der Waals surface area contributed by atoms with Crippen LogP contribution in [0.5, 0.6) is 0 Å². The van der Waals surface area contributed by atoms with Crippen molar-refractivity contribution in [2.75, 3.05) is 13.2 Å². The van der Waals surface area contributed by atoms with Crippen LogP contribution >= 0.6 is 0 Å². The van der Waals surface area contributed by atoms with E-state index in [0.717, 1.165) is 44.9 Å². The van der Waals surface area contributed by atoms with Crippen molar-refractivity contribution in [2.24, 2.45) is 0 Å². The van der Waals surface area contributed by atoms with Crippen molar-refractivity contribution in [1.82, 2.24) is 5.32 Å². The van der Waals surface area contributed by atoms with Crippen LogP contribution in [0.1, 0.15) is 406 Å². The van der Waals surface area contributed by atoms with Crippen LogP contribution in [-0.2, 0) is 14.3 Å². The third-order valence-corrected chi connectivity index (χ3v) is 17.0. The fourth-order valence-corrected chi connectivity index (χ4v) is 11.5. The second-order valence-electron chi connectivity index (χ2n) is 24.9. The molecular weight excluding hydrogens is 971 g/mol. The van der Waals surface area contributed by atoms with Gasteiger partial charge < -0.3 is 20.3 Å². The fraction of sp³-hybridized carbons (Fsp3) is 0.918. The average molecular weight is 1110 g/mol. The highest BCUT2D eigenvalue weighted by atomic mass is 16.5. The van der Waals surface area contributed by atoms with Crippen molar-refractivity contribution in [3.05, 3.63) is 24.3 Å². The molecule has 6 heteroatoms. The van der Waals surface area contributed by atoms with Gasteiger partial charge in [-0.3, -0.25) is 9.59 Å². The summed E-state index contributed by atoms with van der Waals surface area (Å²) in [6.45, 7) is 4.92. The quantitative estimate of drug-likeness (QED) is 0.0320. The first-order chi connectivity index (χ1) is 39.0. The average Bonchev–Trinajstić information content (AvgIpc) is 3.45. The molecule has 6 nitrogen and oxygen atoms in total. The Morgan fingerprint density at radius 1 is 0.342 bits per heavy atom. The number of unbranched alkanes of at least 4 members (excludes halogenated alkanes) is 55. The standard InChI is InChI=1S/C73H141NO5/c1-3-5-7-9-11-13-15-17-43-47-51-55-59-63-67-73(78)79-68-64-60-56-52-48-44-40-38-36-34-32-30-28-26-24-22-20-18-19-21-23-25-27-29-31-33-35-37-39-42-46-50-54-58-62-66-72(77)74-70(69-75)71(76)65-61-57-53-49-45-41-16-14-12-10-8-6-4-2/h15,17,61,65,70-71,75-76H,3-14,16,18-60,62-64,66-69H2,1-2H3,(H,74,77)/b17-15-,65-61+. The maximum absolute atomic E-state index is 12.5. The number of amides is 1. The molecule has 0 spiro atoms. The molecular formula is C73H141NO5. The number of hydrogen-bond acceptors (Lipinski definition) is 5. The number of nitrogens with one attached hydrogen (secondary N) is 1. The molecule has 0 aliphatic carbocycles. The van der Waals surface area contributed by atoms with E-state index >= 15 is 0 Å². The molecule has 0 fully saturated rings. The smallest absolute Gasteiger partial charge is 0.305 e. The molecule has 3 N–H and O–H groups in total. The second-order valence-corrected chi connectivity index (χ2v) is 24.9. The van der Waals surface area contributed by atoms with Crippen molar-refractivity contribution < 1.29 is 24.5 Å². The molecule has 2 atom stereocenters. The lowest BCUT2D eigenvalue weighted by atomic mass is 10.0. The molecule has 79 heavy (non-hydrogen) atoms. The Kier molecular flexibility index (Phi) is 67.4. The molecule has 1 amide bonds. The van der Waals surface area contributed by atoms with Crippen molar-refractivity contribution in [3.63, 3.8) is 0 Å². The van der Waals surface area contributed by atoms with E-state index in [2.05, 4.69) is 31.3 Å². The number of ether oxygens (including phenoxy) is 1. The maximum atomic E-state index is 12.5. The largest absolute Gasteiger partial charge is 0.466 e. The number of allylic oxidation sites excluding steroid dienone is 3. The van der Waals surface area contributed by atoms with E-state index in [-0.39, 0.29) is 18.5 Å². The number of rotatable bonds is 68. The zero-order valence-electron chi connectivity index (χ0n) is 53.6. The van der Waals surface area contributed by atoms with E-state index in [9.17, 15) is 19.8 Å². The lowest BCUT2D eigenvalue weighted by molar-refractivity contribution is -0.143. The van der Waals surface area contributed by atoms with E-state index in [4.69, 9.17) is 4.74 Å². The van der Waals surface area contributed by atoms with Crippen LogP contribution < -0.4 is 5.32 Å². The summed E-state index contributed by atoms with van der Waals surface area (Å²) in [6, 6.07) is -0.622. The third-order valence-electron chi connectivity index (χ3n) is 17.0. The first-order valence-electron chi connectivity index (χ1n) is 36.1. The summed E-state index contributed by atoms with van der Waals surface area (Å²) in [6.07, 6.45) is 87.1. The number of hydrogen-bond donors (Lipinski definition) is 3. The summed E-state index contributed by atoms with van der Waals surface area (Å²) in [7, 11) is 0. The number of esters is 1. The van der Waals surface area contributed by atoms with Gasteiger partial charge in [0.25, 0.3) is 0 Å². The van der Waals surface area contributed by atoms with Gasteiger partial charge in [0.05, 0.1) is 25.4 Å². The van der Waals surface area contributed by atoms with Gasteiger partial charge in [0.1, 0.15) is 0 Å². The van der Waals surface area contributed by atoms with Crippen LogP contribution in [0.15, 0.2) is 24.3 Å². The molecule has 468 valence electrons. The van der Waals surface area contributed by atoms with Crippen molar-refractivity contribution >= 4 is 11.9 Å². The van der Waals surface area contributed by atoms with Gasteiger partial charge in [0.15, 0.2) is 0 Å². The molecule has 0 aliphatic heterocycles. The molecule has 0 aromatic rings. The lowest BCUT2D eigenvalue weighted by Gasteiger charge is -2.20. The minimum absolute atomic E-state index is 0.0143. The van der Waals surface area contributed by atoms with Crippen LogP contribution in [0.25, 0.3) is 0 Å². The predicted molar refractivity (Wildman–Crippen MR) is 347 cm³/mol. The molecule has 0 radical (unpaired) electrons. The molecule has 0 aromatic heterocycles. The minimum Gasteiger partial charge on any atom is -0.466 e. The first-order valence-corrected chi connectivity index (χ1v) is 36.1. The van der Waals surface area contributed by atoms with E-state index < -0.39 is 12.1 Å². The van der Waals surface area contributed by atoms with Crippen LogP contribution in [0.3, 0.4) is 0 Å². The Hall–Kier alpha value is -1.66. The monoisotopic (exact) mass is 1110 g/mol. The Morgan fingerprint density at radius 3 is 0.899 bits per heavy atom. The second kappa shape index (κ2) is 68.8. The Labute approximate surface area is 494 Å². The molecule has 0 aliphatic rings. The highest BCUT2D eigenvalue weighted by Crippen LogP contribution is 2.19. The van der Waals surface area contributed by atoms with Crippen LogP contribution in [0, 0.1) is 0 Å². The van der Waals surface area contributed by atoms with Gasteiger partial charge in [-0.2, -0.15) is 0 Å². The van der Waals surface area contributed by atoms with Gasteiger partial charge in [0.2, 0.25) is 5.91 Å². The number of aliphatic hydroxyl groups excluding tert-OH is 2. The molecule has 0 saturated heterocycles. The highest BCUT2D eigenvalue weighted by molar-refractivity contribution is 5.76. The van der Waals surface area contributed by atoms with Crippen LogP contribution in [0.2, 0.25) is 0 Å². The molecule has 0 saturated carbocycles. The third kappa shape index (κ3) is 65.4. The minimum atomic E-state index is -0.839. The summed E-state index contributed by atoms with van der Waals surface area (Å²) in [5.41, 5.74) is 0. The van der Waals surface area contributed by atoms with E-state index in [0.29, 0.717) is 19.4 Å². The molecule has 0 rings (SSSR count). The van der Waals surface area contributed by atoms with E-state index in [1.54, 1.807) is 6.08 Å². The number of aliphatic hydroxyl groups is 2. The van der Waals surface area contributed by atoms with Crippen LogP contribution in [0.4, 0.5) is 0 Å². The highest BCUT2D eigenvalue weighted by Gasteiger charge is 2.18. The van der Waals surface area contributed by atoms with Gasteiger partial charge in [0, 0.05) is 12.8 Å². The predicted octanol–water partition coefficient (Wildman–Crippen LogP) is 23.3. The van der Waals surface area contributed by atoms with Crippen molar-refractivity contribution in [1.29, 1.82) is 0 Å². The summed E-state index contributed by atoms with van der Waals surface area (Å²) in [5, 5.41) is 23.1. The zero-order chi connectivity index (χ0) is 57.1. The summed E-state index contributed by atoms with van der Waals surface area (Å²) < 4.78 is 5.49. The summed E-state index contributed by atoms with van der Waals surface area (Å²) in [4.78, 5) is 24.5. The fourth-order valence-electron chi connectivity index (χ4n) is 11.5. The van der Waals surface area contributed by atoms with E-state index in [1.165, 1.54) is 334 Å². The molecule has 0 aromatic carbocycles. The number of carbonyl (C=O) groups is 2. The Bertz CT molecular complexity index is 1230. The topological polar surface area (TPSA) is 95.9 Å². The summed E-state index contributed by atoms with van der Waals surface area (Å²) in [5.74, 6) is -0.0466. The Balaban J connectivity index is 3.30. The zero-order valence-corrected chi connectivity index (χ0v) is 53.6. The van der Waals surface area contributed by atoms with Gasteiger partial charge in [-0.05, 0) is 57.8 Å². The lowest BCUT2D eigenvalue weighted by Crippen LogP contribution is -2.45. The SMILES string of the molecule is CCCCCCC/C=C\CCCCCCCC(=O)OCCCCCCCCCCCCCCCCCCCCCCCCCCCCCCCCCCCCCC(=O)NC(CO)C(O)/C=C/CCCCCCCCCCCCC. The first kappa shape index (κ1) is 77.3. The van der Waals surface area contributed by atoms with Crippen LogP contribution in [-0.4, -0.2) is 47.4 Å². The normalized spacial score (nSPS) is 12.6. The molecule has 2 unspecified atom stereocenters. The summed E-state index contributed by atoms with van der Waals surface area (Å²) >= 11 is 0. The van der Waals surface area contributed by atoms with Gasteiger partial charge in [-0.15, -0.1) is 0 Å². The van der Waals surface area contributed by atoms with E-state index in [1.807, 2.05) is 6.08 Å². The van der Waals surface area contributed by atoms with Gasteiger partial charge in [-0.25, -0.2) is 0 Å². The van der Waals surface area contributed by atoms with Crippen molar-refractivity contribution in [2.45, 2.75) is 418 Å².